The number of ether oxygens (including phenoxy) is 2. The number of rotatable bonds is 5. The molecule has 0 aromatic heterocycles. The topological polar surface area (TPSA) is 54.3 Å². The molecule has 90 valence electrons. The van der Waals surface area contributed by atoms with Crippen LogP contribution in [0.3, 0.4) is 0 Å². The summed E-state index contributed by atoms with van der Waals surface area (Å²) in [6.45, 7) is 3.07. The standard InChI is InChI=1S/C13H16N2O2/c1-2-11(6-7-14)15-8-10-4-3-5-12-13(10)17-9-16-12/h3-5,11,15H,2,6,8-9H2,1H3. The molecule has 4 heteroatoms. The first-order valence-electron chi connectivity index (χ1n) is 5.83. The molecule has 2 rings (SSSR count). The molecule has 1 aliphatic rings. The zero-order chi connectivity index (χ0) is 12.1. The molecule has 1 atom stereocenters. The van der Waals surface area contributed by atoms with Gasteiger partial charge in [0, 0.05) is 18.2 Å². The second-order valence-electron chi connectivity index (χ2n) is 4.00. The summed E-state index contributed by atoms with van der Waals surface area (Å²) in [6, 6.07) is 8.29. The maximum atomic E-state index is 8.69. The van der Waals surface area contributed by atoms with Crippen LogP contribution in [0.25, 0.3) is 0 Å². The van der Waals surface area contributed by atoms with E-state index in [0.29, 0.717) is 19.8 Å². The Balaban J connectivity index is 2.00. The number of fused-ring (bicyclic) bond motifs is 1. The predicted molar refractivity (Wildman–Crippen MR) is 63.7 cm³/mol. The van der Waals surface area contributed by atoms with E-state index >= 15 is 0 Å². The Labute approximate surface area is 101 Å². The van der Waals surface area contributed by atoms with Crippen molar-refractivity contribution in [1.82, 2.24) is 5.32 Å². The summed E-state index contributed by atoms with van der Waals surface area (Å²) in [6.07, 6.45) is 1.48. The van der Waals surface area contributed by atoms with Crippen molar-refractivity contribution in [3.8, 4) is 17.6 Å². The van der Waals surface area contributed by atoms with Gasteiger partial charge in [0.1, 0.15) is 0 Å². The van der Waals surface area contributed by atoms with E-state index in [4.69, 9.17) is 14.7 Å². The van der Waals surface area contributed by atoms with Crippen LogP contribution in [-0.2, 0) is 6.54 Å². The fraction of sp³-hybridized carbons (Fsp3) is 0.462. The minimum Gasteiger partial charge on any atom is -0.454 e. The van der Waals surface area contributed by atoms with Crippen molar-refractivity contribution in [3.63, 3.8) is 0 Å². The van der Waals surface area contributed by atoms with E-state index < -0.39 is 0 Å². The molecule has 0 fully saturated rings. The highest BCUT2D eigenvalue weighted by Crippen LogP contribution is 2.35. The van der Waals surface area contributed by atoms with Gasteiger partial charge in [0.25, 0.3) is 0 Å². The average Bonchev–Trinajstić information content (AvgIpc) is 2.83. The minimum atomic E-state index is 0.234. The molecule has 1 heterocycles. The lowest BCUT2D eigenvalue weighted by molar-refractivity contribution is 0.173. The Bertz CT molecular complexity index is 426. The largest absolute Gasteiger partial charge is 0.454 e. The SMILES string of the molecule is CCC(CC#N)NCc1cccc2c1OCO2. The van der Waals surface area contributed by atoms with Gasteiger partial charge in [0.15, 0.2) is 11.5 Å². The molecular weight excluding hydrogens is 216 g/mol. The smallest absolute Gasteiger partial charge is 0.231 e. The molecule has 1 aromatic carbocycles. The quantitative estimate of drug-likeness (QED) is 0.845. The Morgan fingerprint density at radius 3 is 3.12 bits per heavy atom. The van der Waals surface area contributed by atoms with Gasteiger partial charge in [0.2, 0.25) is 6.79 Å². The summed E-state index contributed by atoms with van der Waals surface area (Å²) < 4.78 is 10.7. The molecule has 1 aromatic rings. The van der Waals surface area contributed by atoms with Gasteiger partial charge in [-0.1, -0.05) is 19.1 Å². The van der Waals surface area contributed by atoms with Gasteiger partial charge in [-0.2, -0.15) is 5.26 Å². The Morgan fingerprint density at radius 1 is 1.47 bits per heavy atom. The third-order valence-electron chi connectivity index (χ3n) is 2.89. The van der Waals surface area contributed by atoms with Crippen LogP contribution in [0.1, 0.15) is 25.3 Å². The number of hydrogen-bond donors (Lipinski definition) is 1. The van der Waals surface area contributed by atoms with E-state index in [2.05, 4.69) is 18.3 Å². The number of benzene rings is 1. The van der Waals surface area contributed by atoms with Crippen LogP contribution in [-0.4, -0.2) is 12.8 Å². The van der Waals surface area contributed by atoms with Gasteiger partial charge in [-0.3, -0.25) is 0 Å². The Hall–Kier alpha value is -1.73. The van der Waals surface area contributed by atoms with E-state index in [-0.39, 0.29) is 6.04 Å². The van der Waals surface area contributed by atoms with Gasteiger partial charge in [-0.05, 0) is 12.5 Å². The first-order valence-corrected chi connectivity index (χ1v) is 5.83. The summed E-state index contributed by atoms with van der Waals surface area (Å²) >= 11 is 0. The monoisotopic (exact) mass is 232 g/mol. The highest BCUT2D eigenvalue weighted by Gasteiger charge is 2.17. The molecule has 0 amide bonds. The Morgan fingerprint density at radius 2 is 2.35 bits per heavy atom. The van der Waals surface area contributed by atoms with Crippen LogP contribution >= 0.6 is 0 Å². The van der Waals surface area contributed by atoms with E-state index in [1.165, 1.54) is 0 Å². The van der Waals surface area contributed by atoms with Gasteiger partial charge in [-0.25, -0.2) is 0 Å². The zero-order valence-corrected chi connectivity index (χ0v) is 9.90. The lowest BCUT2D eigenvalue weighted by Gasteiger charge is -2.14. The van der Waals surface area contributed by atoms with Crippen molar-refractivity contribution in [2.45, 2.75) is 32.4 Å². The first-order chi connectivity index (χ1) is 8.35. The third kappa shape index (κ3) is 2.69. The summed E-state index contributed by atoms with van der Waals surface area (Å²) in [5.41, 5.74) is 1.08. The third-order valence-corrected chi connectivity index (χ3v) is 2.89. The van der Waals surface area contributed by atoms with Gasteiger partial charge in [-0.15, -0.1) is 0 Å². The summed E-state index contributed by atoms with van der Waals surface area (Å²) in [5, 5.41) is 12.0. The molecular formula is C13H16N2O2. The molecule has 0 spiro atoms. The molecule has 0 saturated carbocycles. The van der Waals surface area contributed by atoms with E-state index in [9.17, 15) is 0 Å². The number of nitriles is 1. The first kappa shape index (κ1) is 11.7. The van der Waals surface area contributed by atoms with Crippen LogP contribution in [0.2, 0.25) is 0 Å². The van der Waals surface area contributed by atoms with Crippen molar-refractivity contribution < 1.29 is 9.47 Å². The van der Waals surface area contributed by atoms with Crippen LogP contribution in [0.4, 0.5) is 0 Å². The van der Waals surface area contributed by atoms with Gasteiger partial charge >= 0.3 is 0 Å². The second-order valence-corrected chi connectivity index (χ2v) is 4.00. The van der Waals surface area contributed by atoms with E-state index in [1.54, 1.807) is 0 Å². The predicted octanol–water partition coefficient (Wildman–Crippen LogP) is 2.20. The number of para-hydroxylation sites is 1. The van der Waals surface area contributed by atoms with Crippen molar-refractivity contribution in [2.24, 2.45) is 0 Å². The summed E-state index contributed by atoms with van der Waals surface area (Å²) in [7, 11) is 0. The molecule has 0 saturated heterocycles. The lowest BCUT2D eigenvalue weighted by atomic mass is 10.1. The number of nitrogens with zero attached hydrogens (tertiary/aromatic N) is 1. The van der Waals surface area contributed by atoms with Gasteiger partial charge < -0.3 is 14.8 Å². The average molecular weight is 232 g/mol. The molecule has 0 aliphatic carbocycles. The van der Waals surface area contributed by atoms with Crippen molar-refractivity contribution in [3.05, 3.63) is 23.8 Å². The van der Waals surface area contributed by atoms with E-state index in [1.807, 2.05) is 18.2 Å². The van der Waals surface area contributed by atoms with Crippen LogP contribution < -0.4 is 14.8 Å². The highest BCUT2D eigenvalue weighted by atomic mass is 16.7. The van der Waals surface area contributed by atoms with Crippen molar-refractivity contribution in [2.75, 3.05) is 6.79 Å². The zero-order valence-electron chi connectivity index (χ0n) is 9.90. The maximum Gasteiger partial charge on any atom is 0.231 e. The maximum absolute atomic E-state index is 8.69. The summed E-state index contributed by atoms with van der Waals surface area (Å²) in [5.74, 6) is 1.63. The van der Waals surface area contributed by atoms with Gasteiger partial charge in [0.05, 0.1) is 12.5 Å². The fourth-order valence-corrected chi connectivity index (χ4v) is 1.86. The molecule has 1 N–H and O–H groups in total. The normalized spacial score (nSPS) is 14.4. The lowest BCUT2D eigenvalue weighted by Crippen LogP contribution is -2.27. The van der Waals surface area contributed by atoms with Crippen LogP contribution in [0.15, 0.2) is 18.2 Å². The second kappa shape index (κ2) is 5.55. The van der Waals surface area contributed by atoms with E-state index in [0.717, 1.165) is 23.5 Å². The summed E-state index contributed by atoms with van der Waals surface area (Å²) in [4.78, 5) is 0. The molecule has 1 aliphatic heterocycles. The Kier molecular flexibility index (Phi) is 3.84. The van der Waals surface area contributed by atoms with Crippen molar-refractivity contribution >= 4 is 0 Å². The van der Waals surface area contributed by atoms with Crippen LogP contribution in [0.5, 0.6) is 11.5 Å². The number of nitrogens with one attached hydrogen (secondary N) is 1. The molecule has 1 unspecified atom stereocenters. The molecule has 0 radical (unpaired) electrons. The van der Waals surface area contributed by atoms with Crippen LogP contribution in [0, 0.1) is 11.3 Å². The molecule has 0 bridgehead atoms. The number of hydrogen-bond acceptors (Lipinski definition) is 4. The highest BCUT2D eigenvalue weighted by molar-refractivity contribution is 5.48. The molecule has 4 nitrogen and oxygen atoms in total. The van der Waals surface area contributed by atoms with Crippen molar-refractivity contribution in [1.29, 1.82) is 5.26 Å². The molecule has 17 heavy (non-hydrogen) atoms. The fourth-order valence-electron chi connectivity index (χ4n) is 1.86. The minimum absolute atomic E-state index is 0.234.